The van der Waals surface area contributed by atoms with Crippen LogP contribution in [0, 0.1) is 0 Å². The average molecular weight is 360 g/mol. The maximum absolute atomic E-state index is 12.5. The molecule has 6 nitrogen and oxygen atoms in total. The Bertz CT molecular complexity index is 965. The maximum Gasteiger partial charge on any atom is 0.491 e. The fraction of sp³-hybridized carbons (Fsp3) is 0.100. The molecule has 1 aliphatic heterocycles. The molecule has 2 N–H and O–H groups in total. The largest absolute Gasteiger partial charge is 0.491 e. The van der Waals surface area contributed by atoms with Gasteiger partial charge in [0.25, 0.3) is 5.91 Å². The maximum atomic E-state index is 12.5. The van der Waals surface area contributed by atoms with Crippen LogP contribution >= 0.6 is 0 Å². The van der Waals surface area contributed by atoms with Gasteiger partial charge in [-0.1, -0.05) is 42.5 Å². The highest BCUT2D eigenvalue weighted by atomic mass is 16.5. The van der Waals surface area contributed by atoms with Gasteiger partial charge in [-0.2, -0.15) is 0 Å². The van der Waals surface area contributed by atoms with Gasteiger partial charge < -0.3 is 19.7 Å². The topological polar surface area (TPSA) is 80.7 Å². The summed E-state index contributed by atoms with van der Waals surface area (Å²) in [5.74, 6) is 0.0257. The van der Waals surface area contributed by atoms with Crippen molar-refractivity contribution in [2.45, 2.75) is 13.2 Å². The molecule has 0 atom stereocenters. The first-order valence-electron chi connectivity index (χ1n) is 8.57. The number of anilines is 1. The summed E-state index contributed by atoms with van der Waals surface area (Å²) < 4.78 is 10.8. The standard InChI is InChI=1S/C20H17BN2O4/c24-20(22-16-10-9-15-13-27-21(25)17(15)11-16)18-7-4-8-19(23-18)26-12-14-5-2-1-3-6-14/h1-11,25H,12-13H2,(H,22,24). The highest BCUT2D eigenvalue weighted by Gasteiger charge is 2.27. The number of hydrogen-bond donors (Lipinski definition) is 2. The molecule has 4 rings (SSSR count). The second-order valence-electron chi connectivity index (χ2n) is 6.17. The van der Waals surface area contributed by atoms with Crippen LogP contribution in [0.5, 0.6) is 5.88 Å². The SMILES string of the molecule is O=C(Nc1ccc2c(c1)B(O)OC2)c1cccc(OCc2ccccc2)n1. The van der Waals surface area contributed by atoms with E-state index in [1.54, 1.807) is 30.3 Å². The number of amides is 1. The van der Waals surface area contributed by atoms with E-state index in [0.717, 1.165) is 11.1 Å². The van der Waals surface area contributed by atoms with Crippen molar-refractivity contribution in [1.29, 1.82) is 0 Å². The molecule has 0 spiro atoms. The smallest absolute Gasteiger partial charge is 0.473 e. The van der Waals surface area contributed by atoms with Crippen LogP contribution in [0.4, 0.5) is 5.69 Å². The van der Waals surface area contributed by atoms with Crippen LogP contribution in [0.25, 0.3) is 0 Å². The van der Waals surface area contributed by atoms with E-state index in [9.17, 15) is 9.82 Å². The molecular weight excluding hydrogens is 343 g/mol. The molecule has 1 amide bonds. The number of ether oxygens (including phenoxy) is 1. The predicted molar refractivity (Wildman–Crippen MR) is 102 cm³/mol. The van der Waals surface area contributed by atoms with Gasteiger partial charge in [-0.3, -0.25) is 4.79 Å². The highest BCUT2D eigenvalue weighted by molar-refractivity contribution is 6.61. The minimum atomic E-state index is -0.954. The van der Waals surface area contributed by atoms with Gasteiger partial charge in [-0.15, -0.1) is 0 Å². The third-order valence-corrected chi connectivity index (χ3v) is 4.25. The number of benzene rings is 2. The lowest BCUT2D eigenvalue weighted by Gasteiger charge is -2.09. The zero-order chi connectivity index (χ0) is 18.6. The normalized spacial score (nSPS) is 12.6. The molecule has 3 aromatic rings. The average Bonchev–Trinajstić information content (AvgIpc) is 3.08. The molecule has 0 bridgehead atoms. The molecule has 0 saturated carbocycles. The first-order chi connectivity index (χ1) is 13.2. The molecule has 0 fully saturated rings. The van der Waals surface area contributed by atoms with Gasteiger partial charge in [0.15, 0.2) is 0 Å². The predicted octanol–water partition coefficient (Wildman–Crippen LogP) is 2.13. The van der Waals surface area contributed by atoms with Crippen LogP contribution in [0.15, 0.2) is 66.7 Å². The number of hydrogen-bond acceptors (Lipinski definition) is 5. The van der Waals surface area contributed by atoms with Gasteiger partial charge in [0, 0.05) is 11.8 Å². The van der Waals surface area contributed by atoms with Crippen molar-refractivity contribution in [3.8, 4) is 5.88 Å². The minimum absolute atomic E-state index is 0.248. The van der Waals surface area contributed by atoms with Gasteiger partial charge in [-0.25, -0.2) is 4.98 Å². The molecule has 1 aliphatic rings. The van der Waals surface area contributed by atoms with E-state index < -0.39 is 7.12 Å². The van der Waals surface area contributed by atoms with Gasteiger partial charge in [0.2, 0.25) is 5.88 Å². The Balaban J connectivity index is 1.44. The van der Waals surface area contributed by atoms with E-state index in [0.29, 0.717) is 30.2 Å². The van der Waals surface area contributed by atoms with Crippen molar-refractivity contribution >= 4 is 24.2 Å². The number of fused-ring (bicyclic) bond motifs is 1. The van der Waals surface area contributed by atoms with Gasteiger partial charge in [-0.05, 0) is 34.8 Å². The molecule has 2 aromatic carbocycles. The van der Waals surface area contributed by atoms with Crippen LogP contribution in [0.2, 0.25) is 0 Å². The van der Waals surface area contributed by atoms with E-state index in [-0.39, 0.29) is 11.6 Å². The Kier molecular flexibility index (Phi) is 4.87. The van der Waals surface area contributed by atoms with E-state index >= 15 is 0 Å². The highest BCUT2D eigenvalue weighted by Crippen LogP contribution is 2.16. The molecule has 27 heavy (non-hydrogen) atoms. The summed E-state index contributed by atoms with van der Waals surface area (Å²) in [5, 5.41) is 12.6. The minimum Gasteiger partial charge on any atom is -0.473 e. The molecule has 0 aliphatic carbocycles. The molecule has 0 unspecified atom stereocenters. The van der Waals surface area contributed by atoms with Crippen molar-refractivity contribution in [2.24, 2.45) is 0 Å². The lowest BCUT2D eigenvalue weighted by atomic mass is 9.79. The Morgan fingerprint density at radius 2 is 2.00 bits per heavy atom. The molecule has 0 saturated heterocycles. The first-order valence-corrected chi connectivity index (χ1v) is 8.57. The number of rotatable bonds is 5. The zero-order valence-electron chi connectivity index (χ0n) is 14.5. The Morgan fingerprint density at radius 3 is 2.85 bits per heavy atom. The van der Waals surface area contributed by atoms with Crippen molar-refractivity contribution in [1.82, 2.24) is 4.98 Å². The zero-order valence-corrected chi connectivity index (χ0v) is 14.5. The number of nitrogens with one attached hydrogen (secondary N) is 1. The second-order valence-corrected chi connectivity index (χ2v) is 6.17. The third-order valence-electron chi connectivity index (χ3n) is 4.25. The number of carbonyl (C=O) groups excluding carboxylic acids is 1. The van der Waals surface area contributed by atoms with E-state index in [1.165, 1.54) is 0 Å². The van der Waals surface area contributed by atoms with Crippen molar-refractivity contribution in [3.05, 3.63) is 83.6 Å². The lowest BCUT2D eigenvalue weighted by molar-refractivity contribution is 0.102. The fourth-order valence-corrected chi connectivity index (χ4v) is 2.84. The van der Waals surface area contributed by atoms with Crippen LogP contribution in [0.1, 0.15) is 21.6 Å². The number of nitrogens with zero attached hydrogens (tertiary/aromatic N) is 1. The monoisotopic (exact) mass is 360 g/mol. The number of carbonyl (C=O) groups is 1. The fourth-order valence-electron chi connectivity index (χ4n) is 2.84. The van der Waals surface area contributed by atoms with E-state index in [2.05, 4.69) is 10.3 Å². The molecular formula is C20H17BN2O4. The number of pyridine rings is 1. The van der Waals surface area contributed by atoms with Gasteiger partial charge in [0.1, 0.15) is 12.3 Å². The molecule has 134 valence electrons. The molecule has 0 radical (unpaired) electrons. The summed E-state index contributed by atoms with van der Waals surface area (Å²) in [5.41, 5.74) is 3.42. The summed E-state index contributed by atoms with van der Waals surface area (Å²) in [6.07, 6.45) is 0. The molecule has 1 aromatic heterocycles. The van der Waals surface area contributed by atoms with Crippen LogP contribution < -0.4 is 15.5 Å². The molecule has 7 heteroatoms. The summed E-state index contributed by atoms with van der Waals surface area (Å²) in [6, 6.07) is 20.1. The first kappa shape index (κ1) is 17.3. The van der Waals surface area contributed by atoms with Crippen molar-refractivity contribution in [2.75, 3.05) is 5.32 Å². The summed E-state index contributed by atoms with van der Waals surface area (Å²) >= 11 is 0. The van der Waals surface area contributed by atoms with Crippen LogP contribution in [0.3, 0.4) is 0 Å². The second kappa shape index (κ2) is 7.61. The van der Waals surface area contributed by atoms with Crippen molar-refractivity contribution < 1.29 is 19.2 Å². The van der Waals surface area contributed by atoms with Gasteiger partial charge >= 0.3 is 7.12 Å². The Morgan fingerprint density at radius 1 is 1.15 bits per heavy atom. The quantitative estimate of drug-likeness (QED) is 0.682. The third kappa shape index (κ3) is 4.00. The summed E-state index contributed by atoms with van der Waals surface area (Å²) in [7, 11) is -0.954. The summed E-state index contributed by atoms with van der Waals surface area (Å²) in [4.78, 5) is 16.8. The van der Waals surface area contributed by atoms with E-state index in [4.69, 9.17) is 9.39 Å². The Labute approximate surface area is 156 Å². The lowest BCUT2D eigenvalue weighted by Crippen LogP contribution is -2.28. The number of aromatic nitrogens is 1. The van der Waals surface area contributed by atoms with E-state index in [1.807, 2.05) is 36.4 Å². The van der Waals surface area contributed by atoms with Crippen LogP contribution in [-0.2, 0) is 17.9 Å². The molecule has 2 heterocycles. The Hall–Kier alpha value is -3.16. The van der Waals surface area contributed by atoms with Gasteiger partial charge in [0.05, 0.1) is 6.61 Å². The van der Waals surface area contributed by atoms with Crippen LogP contribution in [-0.4, -0.2) is 23.0 Å². The summed E-state index contributed by atoms with van der Waals surface area (Å²) in [6.45, 7) is 0.745. The van der Waals surface area contributed by atoms with Crippen molar-refractivity contribution in [3.63, 3.8) is 0 Å².